The molecule has 170 valence electrons. The van der Waals surface area contributed by atoms with Gasteiger partial charge in [0, 0.05) is 50.3 Å². The predicted molar refractivity (Wildman–Crippen MR) is 124 cm³/mol. The van der Waals surface area contributed by atoms with Crippen LogP contribution in [0.15, 0.2) is 49.2 Å². The summed E-state index contributed by atoms with van der Waals surface area (Å²) in [6.07, 6.45) is 13.6. The fourth-order valence-corrected chi connectivity index (χ4v) is 4.40. The Morgan fingerprint density at radius 1 is 1.06 bits per heavy atom. The molecule has 2 aliphatic rings. The molecule has 1 aliphatic heterocycles. The zero-order valence-electron chi connectivity index (χ0n) is 18.5. The maximum Gasteiger partial charge on any atom is 0.137 e. The first-order valence-corrected chi connectivity index (χ1v) is 11.6. The fourth-order valence-electron chi connectivity index (χ4n) is 4.40. The first-order chi connectivity index (χ1) is 16.1. The van der Waals surface area contributed by atoms with Gasteiger partial charge >= 0.3 is 0 Å². The molecule has 0 spiro atoms. The van der Waals surface area contributed by atoms with E-state index in [2.05, 4.69) is 31.6 Å². The molecule has 0 amide bonds. The van der Waals surface area contributed by atoms with Crippen LogP contribution in [0.5, 0.6) is 0 Å². The van der Waals surface area contributed by atoms with Crippen molar-refractivity contribution in [2.24, 2.45) is 0 Å². The summed E-state index contributed by atoms with van der Waals surface area (Å²) in [7, 11) is 0. The average molecular weight is 447 g/mol. The van der Waals surface area contributed by atoms with Crippen LogP contribution < -0.4 is 10.2 Å². The molecule has 4 aromatic rings. The van der Waals surface area contributed by atoms with Gasteiger partial charge < -0.3 is 14.6 Å². The standard InChI is InChI=1S/C24H27FN8/c25-24(5-6-24)17-27-10-18-3-4-23-28-20(14-32(23)13-18)15-33-16-22(29-30-33)19-9-21(12-26-11-19)31-7-1-2-8-31/h3-4,9,11-14,16,27H,1-2,5-8,10,15,17H2. The summed E-state index contributed by atoms with van der Waals surface area (Å²) in [4.78, 5) is 11.5. The molecule has 9 heteroatoms. The zero-order valence-corrected chi connectivity index (χ0v) is 18.5. The summed E-state index contributed by atoms with van der Waals surface area (Å²) in [5.41, 5.74) is 4.82. The minimum Gasteiger partial charge on any atom is -0.370 e. The van der Waals surface area contributed by atoms with Crippen molar-refractivity contribution in [1.29, 1.82) is 0 Å². The number of nitrogens with zero attached hydrogens (tertiary/aromatic N) is 7. The SMILES string of the molecule is FC1(CNCc2ccc3nc(Cn4cc(-c5cncc(N6CCCC6)c5)nn4)cn3c2)CC1. The molecule has 2 fully saturated rings. The van der Waals surface area contributed by atoms with Crippen molar-refractivity contribution in [3.05, 3.63) is 60.4 Å². The van der Waals surface area contributed by atoms with Crippen LogP contribution in [0.1, 0.15) is 36.9 Å². The van der Waals surface area contributed by atoms with Gasteiger partial charge in [-0.05, 0) is 43.4 Å². The third-order valence-corrected chi connectivity index (χ3v) is 6.48. The molecular formula is C24H27FN8. The van der Waals surface area contributed by atoms with E-state index in [0.717, 1.165) is 46.9 Å². The van der Waals surface area contributed by atoms with Gasteiger partial charge in [-0.2, -0.15) is 0 Å². The van der Waals surface area contributed by atoms with Crippen LogP contribution in [0.4, 0.5) is 10.1 Å². The molecule has 6 rings (SSSR count). The second-order valence-electron chi connectivity index (χ2n) is 9.22. The normalized spacial score (nSPS) is 17.2. The second kappa shape index (κ2) is 8.22. The van der Waals surface area contributed by atoms with Crippen LogP contribution in [-0.2, 0) is 13.1 Å². The molecule has 5 heterocycles. The van der Waals surface area contributed by atoms with Gasteiger partial charge in [0.1, 0.15) is 17.0 Å². The Labute approximate surface area is 191 Å². The Hall–Kier alpha value is -3.33. The molecule has 0 aromatic carbocycles. The van der Waals surface area contributed by atoms with Crippen LogP contribution in [0.3, 0.4) is 0 Å². The second-order valence-corrected chi connectivity index (χ2v) is 9.22. The number of hydrogen-bond acceptors (Lipinski definition) is 6. The van der Waals surface area contributed by atoms with Crippen LogP contribution in [-0.4, -0.2) is 54.7 Å². The maximum atomic E-state index is 13.8. The number of aromatic nitrogens is 6. The molecule has 33 heavy (non-hydrogen) atoms. The highest BCUT2D eigenvalue weighted by Gasteiger charge is 2.42. The molecule has 0 bridgehead atoms. The van der Waals surface area contributed by atoms with Crippen LogP contribution in [0.25, 0.3) is 16.9 Å². The lowest BCUT2D eigenvalue weighted by Gasteiger charge is -2.17. The molecule has 0 unspecified atom stereocenters. The number of rotatable bonds is 8. The first-order valence-electron chi connectivity index (χ1n) is 11.6. The molecular weight excluding hydrogens is 419 g/mol. The van der Waals surface area contributed by atoms with E-state index in [1.54, 1.807) is 4.68 Å². The number of alkyl halides is 1. The van der Waals surface area contributed by atoms with E-state index in [0.29, 0.717) is 32.5 Å². The highest BCUT2D eigenvalue weighted by Crippen LogP contribution is 2.38. The average Bonchev–Trinajstić information content (AvgIpc) is 3.28. The van der Waals surface area contributed by atoms with Gasteiger partial charge in [0.15, 0.2) is 0 Å². The number of imidazole rings is 1. The Morgan fingerprint density at radius 3 is 2.79 bits per heavy atom. The monoisotopic (exact) mass is 446 g/mol. The number of halogens is 1. The summed E-state index contributed by atoms with van der Waals surface area (Å²) in [5, 5.41) is 11.9. The topological polar surface area (TPSA) is 76.2 Å². The van der Waals surface area contributed by atoms with Crippen LogP contribution >= 0.6 is 0 Å². The van der Waals surface area contributed by atoms with Gasteiger partial charge in [-0.3, -0.25) is 4.98 Å². The largest absolute Gasteiger partial charge is 0.370 e. The van der Waals surface area contributed by atoms with Gasteiger partial charge in [0.2, 0.25) is 0 Å². The third-order valence-electron chi connectivity index (χ3n) is 6.48. The Bertz CT molecular complexity index is 1270. The minimum atomic E-state index is -0.978. The van der Waals surface area contributed by atoms with Crippen molar-refractivity contribution in [1.82, 2.24) is 34.7 Å². The van der Waals surface area contributed by atoms with Crippen LogP contribution in [0.2, 0.25) is 0 Å². The van der Waals surface area contributed by atoms with Gasteiger partial charge in [-0.15, -0.1) is 5.10 Å². The maximum absolute atomic E-state index is 13.8. The molecule has 4 aromatic heterocycles. The minimum absolute atomic E-state index is 0.422. The van der Waals surface area contributed by atoms with Crippen molar-refractivity contribution in [2.45, 2.75) is 44.4 Å². The molecule has 1 saturated heterocycles. The molecule has 1 saturated carbocycles. The lowest BCUT2D eigenvalue weighted by atomic mass is 10.2. The molecule has 0 radical (unpaired) electrons. The van der Waals surface area contributed by atoms with Crippen molar-refractivity contribution < 1.29 is 4.39 Å². The quantitative estimate of drug-likeness (QED) is 0.448. The van der Waals surface area contributed by atoms with E-state index in [-0.39, 0.29) is 0 Å². The van der Waals surface area contributed by atoms with Crippen molar-refractivity contribution >= 4 is 11.3 Å². The van der Waals surface area contributed by atoms with Gasteiger partial charge in [-0.1, -0.05) is 11.3 Å². The summed E-state index contributed by atoms with van der Waals surface area (Å²) in [6.45, 7) is 3.77. The van der Waals surface area contributed by atoms with E-state index in [1.807, 2.05) is 47.5 Å². The third kappa shape index (κ3) is 4.45. The highest BCUT2D eigenvalue weighted by atomic mass is 19.1. The van der Waals surface area contributed by atoms with E-state index >= 15 is 0 Å². The number of hydrogen-bond donors (Lipinski definition) is 1. The summed E-state index contributed by atoms with van der Waals surface area (Å²) < 4.78 is 17.6. The number of nitrogens with one attached hydrogen (secondary N) is 1. The molecule has 1 aliphatic carbocycles. The summed E-state index contributed by atoms with van der Waals surface area (Å²) >= 11 is 0. The van der Waals surface area contributed by atoms with Crippen molar-refractivity contribution in [2.75, 3.05) is 24.5 Å². The number of pyridine rings is 2. The van der Waals surface area contributed by atoms with Gasteiger partial charge in [-0.25, -0.2) is 14.1 Å². The highest BCUT2D eigenvalue weighted by molar-refractivity contribution is 5.63. The number of fused-ring (bicyclic) bond motifs is 1. The molecule has 8 nitrogen and oxygen atoms in total. The van der Waals surface area contributed by atoms with Gasteiger partial charge in [0.25, 0.3) is 0 Å². The molecule has 1 N–H and O–H groups in total. The smallest absolute Gasteiger partial charge is 0.137 e. The van der Waals surface area contributed by atoms with E-state index in [1.165, 1.54) is 12.8 Å². The Morgan fingerprint density at radius 2 is 1.94 bits per heavy atom. The lowest BCUT2D eigenvalue weighted by molar-refractivity contribution is 0.295. The molecule has 0 atom stereocenters. The van der Waals surface area contributed by atoms with Crippen LogP contribution in [0, 0.1) is 0 Å². The zero-order chi connectivity index (χ0) is 22.3. The summed E-state index contributed by atoms with van der Waals surface area (Å²) in [5.74, 6) is 0. The van der Waals surface area contributed by atoms with E-state index < -0.39 is 5.67 Å². The van der Waals surface area contributed by atoms with Gasteiger partial charge in [0.05, 0.1) is 30.3 Å². The van der Waals surface area contributed by atoms with E-state index in [4.69, 9.17) is 4.98 Å². The Balaban J connectivity index is 1.14. The first kappa shape index (κ1) is 20.3. The van der Waals surface area contributed by atoms with E-state index in [9.17, 15) is 4.39 Å². The summed E-state index contributed by atoms with van der Waals surface area (Å²) in [6, 6.07) is 6.16. The predicted octanol–water partition coefficient (Wildman–Crippen LogP) is 3.23. The lowest BCUT2D eigenvalue weighted by Crippen LogP contribution is -2.24. The fraction of sp³-hybridized carbons (Fsp3) is 0.417. The van der Waals surface area contributed by atoms with Crippen molar-refractivity contribution in [3.63, 3.8) is 0 Å². The Kier molecular flexibility index (Phi) is 5.05. The number of anilines is 1. The van der Waals surface area contributed by atoms with Crippen molar-refractivity contribution in [3.8, 4) is 11.3 Å².